The van der Waals surface area contributed by atoms with Crippen LogP contribution in [0.25, 0.3) is 0 Å². The Morgan fingerprint density at radius 1 is 1.56 bits per heavy atom. The van der Waals surface area contributed by atoms with E-state index in [0.29, 0.717) is 12.0 Å². The number of carbonyl (C=O) groups excluding carboxylic acids is 1. The van der Waals surface area contributed by atoms with Gasteiger partial charge in [0.05, 0.1) is 0 Å². The second kappa shape index (κ2) is 6.37. The van der Waals surface area contributed by atoms with Crippen LogP contribution in [0.1, 0.15) is 34.1 Å². The first-order valence-electron chi connectivity index (χ1n) is 5.04. The summed E-state index contributed by atoms with van der Waals surface area (Å²) in [6.45, 7) is 10.6. The van der Waals surface area contributed by atoms with Crippen molar-refractivity contribution in [3.63, 3.8) is 0 Å². The first-order chi connectivity index (χ1) is 7.18. The van der Waals surface area contributed by atoms with Crippen LogP contribution in [0.3, 0.4) is 0 Å². The van der Waals surface area contributed by atoms with E-state index in [1.807, 2.05) is 0 Å². The van der Waals surface area contributed by atoms with E-state index in [2.05, 4.69) is 27.4 Å². The zero-order valence-electron chi connectivity index (χ0n) is 10.1. The Labute approximate surface area is 105 Å². The highest BCUT2D eigenvalue weighted by atomic mass is 79.9. The van der Waals surface area contributed by atoms with Crippen molar-refractivity contribution in [3.05, 3.63) is 12.2 Å². The second-order valence-corrected chi connectivity index (χ2v) is 6.35. The molecule has 0 heterocycles. The summed E-state index contributed by atoms with van der Waals surface area (Å²) < 4.78 is 4.47. The molecule has 5 heteroatoms. The molecule has 4 nitrogen and oxygen atoms in total. The van der Waals surface area contributed by atoms with Crippen molar-refractivity contribution in [2.75, 3.05) is 0 Å². The molecule has 94 valence electrons. The van der Waals surface area contributed by atoms with Gasteiger partial charge in [-0.1, -0.05) is 22.5 Å². The van der Waals surface area contributed by atoms with Gasteiger partial charge in [-0.3, -0.25) is 10.1 Å². The molecular weight excluding hydrogens is 276 g/mol. The van der Waals surface area contributed by atoms with Crippen molar-refractivity contribution in [3.8, 4) is 0 Å². The van der Waals surface area contributed by atoms with Crippen LogP contribution >= 0.6 is 15.9 Å². The Kier molecular flexibility index (Phi) is 6.22. The van der Waals surface area contributed by atoms with E-state index < -0.39 is 10.4 Å². The molecule has 1 N–H and O–H groups in total. The third-order valence-electron chi connectivity index (χ3n) is 2.02. The lowest BCUT2D eigenvalue weighted by Gasteiger charge is -2.22. The van der Waals surface area contributed by atoms with E-state index in [1.54, 1.807) is 27.7 Å². The number of ether oxygens (including phenoxy) is 1. The van der Waals surface area contributed by atoms with E-state index >= 15 is 0 Å². The van der Waals surface area contributed by atoms with Gasteiger partial charge in [0.15, 0.2) is 0 Å². The van der Waals surface area contributed by atoms with Crippen LogP contribution in [-0.2, 0) is 14.4 Å². The molecule has 0 spiro atoms. The second-order valence-electron chi connectivity index (χ2n) is 4.36. The Morgan fingerprint density at radius 3 is 2.38 bits per heavy atom. The number of alkyl halides is 1. The van der Waals surface area contributed by atoms with Gasteiger partial charge in [0.25, 0.3) is 0 Å². The van der Waals surface area contributed by atoms with E-state index in [9.17, 15) is 4.79 Å². The van der Waals surface area contributed by atoms with Crippen molar-refractivity contribution in [1.82, 2.24) is 0 Å². The molecule has 2 atom stereocenters. The van der Waals surface area contributed by atoms with Gasteiger partial charge < -0.3 is 4.74 Å². The van der Waals surface area contributed by atoms with Crippen molar-refractivity contribution in [2.24, 2.45) is 0 Å². The third kappa shape index (κ3) is 5.63. The van der Waals surface area contributed by atoms with Crippen LogP contribution in [0, 0.1) is 0 Å². The van der Waals surface area contributed by atoms with Crippen LogP contribution < -0.4 is 0 Å². The predicted octanol–water partition coefficient (Wildman–Crippen LogP) is 2.92. The van der Waals surface area contributed by atoms with Gasteiger partial charge in [-0.2, -0.15) is 0 Å². The molecule has 0 amide bonds. The summed E-state index contributed by atoms with van der Waals surface area (Å²) in [5, 5.41) is 8.63. The zero-order chi connectivity index (χ0) is 12.9. The largest absolute Gasteiger partial charge is 0.462 e. The van der Waals surface area contributed by atoms with Gasteiger partial charge in [0.2, 0.25) is 0 Å². The van der Waals surface area contributed by atoms with Gasteiger partial charge in [-0.05, 0) is 33.3 Å². The van der Waals surface area contributed by atoms with Crippen molar-refractivity contribution in [2.45, 2.75) is 50.6 Å². The third-order valence-corrected chi connectivity index (χ3v) is 2.34. The molecule has 0 aromatic carbocycles. The van der Waals surface area contributed by atoms with Gasteiger partial charge in [-0.25, -0.2) is 4.89 Å². The first kappa shape index (κ1) is 15.6. The van der Waals surface area contributed by atoms with Crippen molar-refractivity contribution >= 4 is 21.9 Å². The quantitative estimate of drug-likeness (QED) is 0.269. The topological polar surface area (TPSA) is 55.8 Å². The monoisotopic (exact) mass is 294 g/mol. The van der Waals surface area contributed by atoms with E-state index in [-0.39, 0.29) is 12.1 Å². The molecule has 0 rings (SSSR count). The fraction of sp³-hybridized carbons (Fsp3) is 0.727. The summed E-state index contributed by atoms with van der Waals surface area (Å²) in [4.78, 5) is 15.8. The fourth-order valence-corrected chi connectivity index (χ4v) is 1.10. The molecule has 0 radical (unpaired) electrons. The molecule has 0 aromatic heterocycles. The Bertz CT molecular complexity index is 257. The molecule has 0 saturated heterocycles. The van der Waals surface area contributed by atoms with Crippen LogP contribution in [-0.4, -0.2) is 27.8 Å². The Morgan fingerprint density at radius 2 is 2.06 bits per heavy atom. The standard InChI is InChI=1S/C11H19BrO4/c1-7(2)9(16-14)6-8(3)15-10(13)11(4,5)12/h8-9,14H,1,6H2,2-5H3. The number of rotatable bonds is 6. The average Bonchev–Trinajstić information content (AvgIpc) is 2.11. The number of halogens is 1. The van der Waals surface area contributed by atoms with Crippen molar-refractivity contribution in [1.29, 1.82) is 0 Å². The minimum absolute atomic E-state index is 0.349. The van der Waals surface area contributed by atoms with Crippen LogP contribution in [0.15, 0.2) is 12.2 Å². The molecule has 0 saturated carbocycles. The molecule has 0 bridgehead atoms. The normalized spacial score (nSPS) is 15.4. The minimum Gasteiger partial charge on any atom is -0.462 e. The first-order valence-corrected chi connectivity index (χ1v) is 5.83. The fourth-order valence-electron chi connectivity index (χ4n) is 1.01. The summed E-state index contributed by atoms with van der Waals surface area (Å²) in [5.74, 6) is -0.349. The highest BCUT2D eigenvalue weighted by molar-refractivity contribution is 9.10. The number of carbonyl (C=O) groups is 1. The minimum atomic E-state index is -0.708. The lowest BCUT2D eigenvalue weighted by molar-refractivity contribution is -0.273. The number of esters is 1. The molecule has 0 aliphatic carbocycles. The number of hydrogen-bond acceptors (Lipinski definition) is 4. The van der Waals surface area contributed by atoms with E-state index in [4.69, 9.17) is 9.99 Å². The summed E-state index contributed by atoms with van der Waals surface area (Å²) >= 11 is 3.21. The average molecular weight is 295 g/mol. The van der Waals surface area contributed by atoms with Gasteiger partial charge in [0.1, 0.15) is 16.5 Å². The van der Waals surface area contributed by atoms with Crippen LogP contribution in [0.4, 0.5) is 0 Å². The molecule has 0 aromatic rings. The lowest BCUT2D eigenvalue weighted by atomic mass is 10.1. The smallest absolute Gasteiger partial charge is 0.322 e. The maximum Gasteiger partial charge on any atom is 0.322 e. The predicted molar refractivity (Wildman–Crippen MR) is 65.5 cm³/mol. The summed E-state index contributed by atoms with van der Waals surface area (Å²) in [7, 11) is 0. The van der Waals surface area contributed by atoms with Crippen LogP contribution in [0.2, 0.25) is 0 Å². The summed E-state index contributed by atoms with van der Waals surface area (Å²) in [5.41, 5.74) is 0.684. The molecule has 0 fully saturated rings. The number of hydrogen-bond donors (Lipinski definition) is 1. The molecule has 16 heavy (non-hydrogen) atoms. The molecule has 0 aliphatic rings. The Balaban J connectivity index is 4.23. The Hall–Kier alpha value is -0.390. The SMILES string of the molecule is C=C(C)C(CC(C)OC(=O)C(C)(C)Br)OO. The lowest BCUT2D eigenvalue weighted by Crippen LogP contribution is -2.31. The van der Waals surface area contributed by atoms with E-state index in [0.717, 1.165) is 0 Å². The molecule has 0 aliphatic heterocycles. The van der Waals surface area contributed by atoms with E-state index in [1.165, 1.54) is 0 Å². The van der Waals surface area contributed by atoms with Gasteiger partial charge >= 0.3 is 5.97 Å². The van der Waals surface area contributed by atoms with Crippen molar-refractivity contribution < 1.29 is 19.7 Å². The highest BCUT2D eigenvalue weighted by Gasteiger charge is 2.28. The molecule has 2 unspecified atom stereocenters. The summed E-state index contributed by atoms with van der Waals surface area (Å²) in [6.07, 6.45) is -0.486. The summed E-state index contributed by atoms with van der Waals surface area (Å²) in [6, 6.07) is 0. The zero-order valence-corrected chi connectivity index (χ0v) is 11.7. The van der Waals surface area contributed by atoms with Gasteiger partial charge in [-0.15, -0.1) is 0 Å². The van der Waals surface area contributed by atoms with Gasteiger partial charge in [0, 0.05) is 6.42 Å². The highest BCUT2D eigenvalue weighted by Crippen LogP contribution is 2.20. The molecular formula is C11H19BrO4. The maximum atomic E-state index is 11.5. The maximum absolute atomic E-state index is 11.5. The van der Waals surface area contributed by atoms with Crippen LogP contribution in [0.5, 0.6) is 0 Å².